The number of benzene rings is 2. The van der Waals surface area contributed by atoms with E-state index >= 15 is 0 Å². The van der Waals surface area contributed by atoms with Gasteiger partial charge >= 0.3 is 0 Å². The molecular formula is C18H19N3O. The lowest BCUT2D eigenvalue weighted by Gasteiger charge is -2.38. The quantitative estimate of drug-likeness (QED) is 0.852. The smallest absolute Gasteiger partial charge is 0.212 e. The Morgan fingerprint density at radius 2 is 1.45 bits per heavy atom. The molecule has 2 aromatic rings. The van der Waals surface area contributed by atoms with Gasteiger partial charge in [-0.2, -0.15) is 0 Å². The molecule has 0 spiro atoms. The fourth-order valence-corrected chi connectivity index (χ4v) is 3.19. The van der Waals surface area contributed by atoms with E-state index < -0.39 is 5.79 Å². The van der Waals surface area contributed by atoms with Gasteiger partial charge in [0, 0.05) is 19.5 Å². The van der Waals surface area contributed by atoms with Gasteiger partial charge in [-0.25, -0.2) is 9.98 Å². The summed E-state index contributed by atoms with van der Waals surface area (Å²) >= 11 is 0. The van der Waals surface area contributed by atoms with E-state index in [1.54, 1.807) is 0 Å². The number of rotatable bonds is 3. The maximum absolute atomic E-state index is 5.51. The van der Waals surface area contributed by atoms with E-state index in [4.69, 9.17) is 14.7 Å². The van der Waals surface area contributed by atoms with E-state index in [0.29, 0.717) is 0 Å². The van der Waals surface area contributed by atoms with Crippen molar-refractivity contribution in [3.8, 4) is 0 Å². The predicted octanol–water partition coefficient (Wildman–Crippen LogP) is 1.17. The Morgan fingerprint density at radius 3 is 2.09 bits per heavy atom. The molecule has 112 valence electrons. The van der Waals surface area contributed by atoms with Crippen molar-refractivity contribution in [2.24, 2.45) is 9.98 Å². The fourth-order valence-electron chi connectivity index (χ4n) is 3.19. The highest BCUT2D eigenvalue weighted by atomic mass is 16.5. The van der Waals surface area contributed by atoms with E-state index in [1.807, 2.05) is 30.3 Å². The number of fused-ring (bicyclic) bond motifs is 1. The van der Waals surface area contributed by atoms with Crippen molar-refractivity contribution in [2.45, 2.75) is 12.2 Å². The molecule has 4 heteroatoms. The van der Waals surface area contributed by atoms with Crippen LogP contribution in [0, 0.1) is 0 Å². The number of para-hydroxylation sites is 2. The number of nitrogens with zero attached hydrogens (tertiary/aromatic N) is 3. The summed E-state index contributed by atoms with van der Waals surface area (Å²) in [4.78, 5) is 12.4. The SMILES string of the molecule is c1ccc(CC2(N3CCOCC3)N=c3ccccc3=N2)cc1. The predicted molar refractivity (Wildman–Crippen MR) is 84.0 cm³/mol. The summed E-state index contributed by atoms with van der Waals surface area (Å²) in [6, 6.07) is 18.6. The summed E-state index contributed by atoms with van der Waals surface area (Å²) in [6.45, 7) is 3.23. The third-order valence-corrected chi connectivity index (χ3v) is 4.28. The highest BCUT2D eigenvalue weighted by Gasteiger charge is 2.38. The first-order valence-electron chi connectivity index (χ1n) is 7.77. The van der Waals surface area contributed by atoms with Crippen LogP contribution in [-0.2, 0) is 11.2 Å². The van der Waals surface area contributed by atoms with Gasteiger partial charge in [-0.1, -0.05) is 42.5 Å². The van der Waals surface area contributed by atoms with Crippen LogP contribution in [0.25, 0.3) is 0 Å². The largest absolute Gasteiger partial charge is 0.379 e. The van der Waals surface area contributed by atoms with Crippen molar-refractivity contribution in [1.29, 1.82) is 0 Å². The second-order valence-electron chi connectivity index (χ2n) is 5.75. The highest BCUT2D eigenvalue weighted by Crippen LogP contribution is 2.26. The zero-order chi connectivity index (χ0) is 14.8. The maximum Gasteiger partial charge on any atom is 0.212 e. The molecule has 0 radical (unpaired) electrons. The topological polar surface area (TPSA) is 37.2 Å². The highest BCUT2D eigenvalue weighted by molar-refractivity contribution is 5.19. The Bertz CT molecular complexity index is 731. The van der Waals surface area contributed by atoms with E-state index in [1.165, 1.54) is 5.56 Å². The Kier molecular flexibility index (Phi) is 3.48. The van der Waals surface area contributed by atoms with E-state index in [0.717, 1.165) is 43.4 Å². The second kappa shape index (κ2) is 5.63. The summed E-state index contributed by atoms with van der Waals surface area (Å²) in [5.74, 6) is -0.519. The molecule has 2 heterocycles. The zero-order valence-electron chi connectivity index (χ0n) is 12.5. The normalized spacial score (nSPS) is 20.0. The number of hydrogen-bond acceptors (Lipinski definition) is 4. The summed E-state index contributed by atoms with van der Waals surface area (Å²) in [5, 5.41) is 1.98. The first-order chi connectivity index (χ1) is 10.9. The number of morpholine rings is 1. The monoisotopic (exact) mass is 293 g/mol. The molecule has 1 saturated heterocycles. The molecule has 2 aliphatic heterocycles. The molecule has 22 heavy (non-hydrogen) atoms. The molecule has 2 aromatic carbocycles. The van der Waals surface area contributed by atoms with Gasteiger partial charge in [0.15, 0.2) is 0 Å². The Morgan fingerprint density at radius 1 is 0.864 bits per heavy atom. The Hall–Kier alpha value is -2.04. The molecule has 0 amide bonds. The van der Waals surface area contributed by atoms with E-state index in [2.05, 4.69) is 29.2 Å². The van der Waals surface area contributed by atoms with Gasteiger partial charge in [0.05, 0.1) is 23.9 Å². The molecule has 1 fully saturated rings. The summed E-state index contributed by atoms with van der Waals surface area (Å²) in [7, 11) is 0. The maximum atomic E-state index is 5.51. The van der Waals surface area contributed by atoms with Crippen LogP contribution >= 0.6 is 0 Å². The van der Waals surface area contributed by atoms with Gasteiger partial charge in [-0.15, -0.1) is 0 Å². The van der Waals surface area contributed by atoms with Crippen molar-refractivity contribution >= 4 is 0 Å². The zero-order valence-corrected chi connectivity index (χ0v) is 12.5. The van der Waals surface area contributed by atoms with Crippen LogP contribution in [0.1, 0.15) is 5.56 Å². The lowest BCUT2D eigenvalue weighted by atomic mass is 10.1. The van der Waals surface area contributed by atoms with Crippen LogP contribution in [0.5, 0.6) is 0 Å². The minimum Gasteiger partial charge on any atom is -0.379 e. The second-order valence-corrected chi connectivity index (χ2v) is 5.75. The average Bonchev–Trinajstić information content (AvgIpc) is 2.96. The number of hydrogen-bond donors (Lipinski definition) is 0. The van der Waals surface area contributed by atoms with Crippen molar-refractivity contribution in [3.05, 3.63) is 70.9 Å². The average molecular weight is 293 g/mol. The summed E-state index contributed by atoms with van der Waals surface area (Å²) < 4.78 is 5.51. The molecule has 0 unspecified atom stereocenters. The Balaban J connectivity index is 1.77. The minimum absolute atomic E-state index is 0.519. The van der Waals surface area contributed by atoms with Crippen LogP contribution in [-0.4, -0.2) is 37.0 Å². The van der Waals surface area contributed by atoms with Crippen molar-refractivity contribution < 1.29 is 4.74 Å². The molecule has 0 N–H and O–H groups in total. The van der Waals surface area contributed by atoms with Crippen molar-refractivity contribution in [1.82, 2.24) is 4.90 Å². The van der Waals surface area contributed by atoms with Crippen molar-refractivity contribution in [3.63, 3.8) is 0 Å². The lowest BCUT2D eigenvalue weighted by molar-refractivity contribution is -0.0174. The first-order valence-corrected chi connectivity index (χ1v) is 7.77. The molecular weight excluding hydrogens is 274 g/mol. The Labute approximate surface area is 129 Å². The van der Waals surface area contributed by atoms with Gasteiger partial charge in [0.1, 0.15) is 0 Å². The van der Waals surface area contributed by atoms with Gasteiger partial charge < -0.3 is 4.74 Å². The van der Waals surface area contributed by atoms with Gasteiger partial charge in [-0.05, 0) is 17.7 Å². The van der Waals surface area contributed by atoms with Gasteiger partial charge in [0.25, 0.3) is 0 Å². The third-order valence-electron chi connectivity index (χ3n) is 4.28. The third kappa shape index (κ3) is 2.45. The van der Waals surface area contributed by atoms with Crippen molar-refractivity contribution in [2.75, 3.05) is 26.3 Å². The molecule has 0 aliphatic carbocycles. The van der Waals surface area contributed by atoms with Crippen LogP contribution in [0.15, 0.2) is 64.6 Å². The molecule has 4 rings (SSSR count). The van der Waals surface area contributed by atoms with E-state index in [-0.39, 0.29) is 0 Å². The van der Waals surface area contributed by atoms with Crippen LogP contribution in [0.2, 0.25) is 0 Å². The van der Waals surface area contributed by atoms with Gasteiger partial charge in [-0.3, -0.25) is 4.90 Å². The van der Waals surface area contributed by atoms with Gasteiger partial charge in [0.2, 0.25) is 5.79 Å². The fraction of sp³-hybridized carbons (Fsp3) is 0.333. The molecule has 0 bridgehead atoms. The van der Waals surface area contributed by atoms with Crippen LogP contribution in [0.3, 0.4) is 0 Å². The van der Waals surface area contributed by atoms with E-state index in [9.17, 15) is 0 Å². The minimum atomic E-state index is -0.519. The molecule has 0 aromatic heterocycles. The lowest BCUT2D eigenvalue weighted by Crippen LogP contribution is -2.52. The summed E-state index contributed by atoms with van der Waals surface area (Å²) in [5.41, 5.74) is 1.26. The summed E-state index contributed by atoms with van der Waals surface area (Å²) in [6.07, 6.45) is 0.794. The standard InChI is InChI=1S/C18H19N3O/c1-2-6-15(7-3-1)14-18(21-10-12-22-13-11-21)19-16-8-4-5-9-17(16)20-18/h1-9H,10-14H2. The molecule has 0 saturated carbocycles. The number of ether oxygens (including phenoxy) is 1. The molecule has 2 aliphatic rings. The van der Waals surface area contributed by atoms with Crippen LogP contribution < -0.4 is 10.7 Å². The van der Waals surface area contributed by atoms with Crippen LogP contribution in [0.4, 0.5) is 0 Å². The first kappa shape index (κ1) is 13.6. The molecule has 4 nitrogen and oxygen atoms in total. The molecule has 0 atom stereocenters.